The molecule has 1 fully saturated rings. The van der Waals surface area contributed by atoms with Crippen molar-refractivity contribution < 1.29 is 18.7 Å². The highest BCUT2D eigenvalue weighted by molar-refractivity contribution is 7.80. The zero-order valence-corrected chi connectivity index (χ0v) is 17.2. The van der Waals surface area contributed by atoms with Crippen molar-refractivity contribution in [3.05, 3.63) is 40.2 Å². The number of methoxy groups -OCH3 is 1. The van der Waals surface area contributed by atoms with Crippen LogP contribution in [0.5, 0.6) is 0 Å². The lowest BCUT2D eigenvalue weighted by Crippen LogP contribution is -2.51. The van der Waals surface area contributed by atoms with E-state index in [-0.39, 0.29) is 11.9 Å². The normalized spacial score (nSPS) is 16.0. The number of nitrogens with zero attached hydrogens (tertiary/aromatic N) is 2. The summed E-state index contributed by atoms with van der Waals surface area (Å²) in [7, 11) is 1.40. The molecular weight excluding hydrogens is 398 g/mol. The zero-order chi connectivity index (χ0) is 19.7. The van der Waals surface area contributed by atoms with Gasteiger partial charge in [-0.1, -0.05) is 0 Å². The number of furan rings is 1. The molecule has 3 heterocycles. The number of thiophene rings is 1. The van der Waals surface area contributed by atoms with Crippen LogP contribution < -0.4 is 5.32 Å². The molecule has 0 aromatic carbocycles. The minimum Gasteiger partial charge on any atom is -0.465 e. The first-order chi connectivity index (χ1) is 13.6. The van der Waals surface area contributed by atoms with Crippen molar-refractivity contribution in [3.8, 4) is 0 Å². The van der Waals surface area contributed by atoms with Crippen LogP contribution >= 0.6 is 23.6 Å². The number of hydrogen-bond acceptors (Lipinski definition) is 6. The second-order valence-electron chi connectivity index (χ2n) is 6.74. The minimum atomic E-state index is -0.321. The lowest BCUT2D eigenvalue weighted by Gasteiger charge is -2.35. The van der Waals surface area contributed by atoms with Crippen LogP contribution in [0.2, 0.25) is 0 Å². The highest BCUT2D eigenvalue weighted by Crippen LogP contribution is 2.39. The van der Waals surface area contributed by atoms with Crippen LogP contribution in [0, 0.1) is 0 Å². The van der Waals surface area contributed by atoms with Gasteiger partial charge in [0.05, 0.1) is 18.9 Å². The second kappa shape index (κ2) is 7.92. The smallest absolute Gasteiger partial charge is 0.341 e. The van der Waals surface area contributed by atoms with Gasteiger partial charge in [0, 0.05) is 31.1 Å². The van der Waals surface area contributed by atoms with E-state index >= 15 is 0 Å². The molecule has 0 bridgehead atoms. The van der Waals surface area contributed by atoms with Crippen molar-refractivity contribution in [2.45, 2.75) is 19.3 Å². The van der Waals surface area contributed by atoms with Crippen molar-refractivity contribution in [3.63, 3.8) is 0 Å². The molecular formula is C19H21N3O4S2. The first-order valence-corrected chi connectivity index (χ1v) is 10.4. The van der Waals surface area contributed by atoms with E-state index in [2.05, 4.69) is 5.32 Å². The molecule has 0 saturated carbocycles. The fourth-order valence-electron chi connectivity index (χ4n) is 3.66. The van der Waals surface area contributed by atoms with Gasteiger partial charge < -0.3 is 24.3 Å². The zero-order valence-electron chi connectivity index (χ0n) is 15.5. The summed E-state index contributed by atoms with van der Waals surface area (Å²) < 4.78 is 10.2. The summed E-state index contributed by atoms with van der Waals surface area (Å²) in [6.07, 6.45) is 4.46. The molecule has 1 aliphatic carbocycles. The van der Waals surface area contributed by atoms with E-state index in [1.54, 1.807) is 28.4 Å². The number of esters is 1. The highest BCUT2D eigenvalue weighted by atomic mass is 32.1. The Balaban J connectivity index is 1.40. The van der Waals surface area contributed by atoms with Gasteiger partial charge in [0.2, 0.25) is 0 Å². The van der Waals surface area contributed by atoms with E-state index in [0.717, 1.165) is 29.8 Å². The number of ether oxygens (including phenoxy) is 1. The van der Waals surface area contributed by atoms with E-state index in [1.807, 2.05) is 4.90 Å². The molecule has 2 aliphatic rings. The molecule has 1 aliphatic heterocycles. The first kappa shape index (κ1) is 18.9. The maximum absolute atomic E-state index is 12.4. The van der Waals surface area contributed by atoms with Crippen LogP contribution in [-0.2, 0) is 17.6 Å². The van der Waals surface area contributed by atoms with Crippen LogP contribution in [0.3, 0.4) is 0 Å². The molecule has 148 valence electrons. The number of carbonyl (C=O) groups excluding carboxylic acids is 2. The summed E-state index contributed by atoms with van der Waals surface area (Å²) in [4.78, 5) is 29.7. The SMILES string of the molecule is COC(=O)c1c(NC(=S)N2CCN(C(=O)c3ccco3)CC2)sc2c1CCC2. The molecule has 2 aromatic heterocycles. The Morgan fingerprint density at radius 2 is 1.96 bits per heavy atom. The second-order valence-corrected chi connectivity index (χ2v) is 8.23. The van der Waals surface area contributed by atoms with Crippen LogP contribution in [0.15, 0.2) is 22.8 Å². The Bertz CT molecular complexity index is 899. The molecule has 9 heteroatoms. The molecule has 0 atom stereocenters. The van der Waals surface area contributed by atoms with Crippen LogP contribution in [0.1, 0.15) is 37.8 Å². The average Bonchev–Trinajstić information content (AvgIpc) is 3.44. The van der Waals surface area contributed by atoms with Gasteiger partial charge in [-0.15, -0.1) is 11.3 Å². The number of carbonyl (C=O) groups is 2. The lowest BCUT2D eigenvalue weighted by atomic mass is 10.1. The van der Waals surface area contributed by atoms with Crippen LogP contribution in [0.4, 0.5) is 5.00 Å². The topological polar surface area (TPSA) is 75.0 Å². The molecule has 4 rings (SSSR count). The van der Waals surface area contributed by atoms with Gasteiger partial charge in [-0.25, -0.2) is 4.79 Å². The quantitative estimate of drug-likeness (QED) is 0.606. The van der Waals surface area contributed by atoms with Gasteiger partial charge in [-0.05, 0) is 49.2 Å². The minimum absolute atomic E-state index is 0.105. The number of rotatable bonds is 3. The lowest BCUT2D eigenvalue weighted by molar-refractivity contribution is 0.0600. The van der Waals surface area contributed by atoms with E-state index in [0.29, 0.717) is 42.6 Å². The summed E-state index contributed by atoms with van der Waals surface area (Å²) in [6, 6.07) is 3.38. The van der Waals surface area contributed by atoms with Gasteiger partial charge in [0.15, 0.2) is 10.9 Å². The Kier molecular flexibility index (Phi) is 5.36. The third-order valence-electron chi connectivity index (χ3n) is 5.12. The number of nitrogens with one attached hydrogen (secondary N) is 1. The predicted octanol–water partition coefficient (Wildman–Crippen LogP) is 2.77. The average molecular weight is 420 g/mol. The molecule has 28 heavy (non-hydrogen) atoms. The Hall–Kier alpha value is -2.39. The van der Waals surface area contributed by atoms with Crippen molar-refractivity contribution in [1.82, 2.24) is 9.80 Å². The largest absolute Gasteiger partial charge is 0.465 e. The van der Waals surface area contributed by atoms with Gasteiger partial charge in [-0.3, -0.25) is 4.79 Å². The number of piperazine rings is 1. The number of aryl methyl sites for hydroxylation is 1. The third kappa shape index (κ3) is 3.51. The number of thiocarbonyl (C=S) groups is 1. The van der Waals surface area contributed by atoms with E-state index in [9.17, 15) is 9.59 Å². The molecule has 7 nitrogen and oxygen atoms in total. The molecule has 0 unspecified atom stereocenters. The van der Waals surface area contributed by atoms with Crippen LogP contribution in [0.25, 0.3) is 0 Å². The number of hydrogen-bond donors (Lipinski definition) is 1. The molecule has 1 saturated heterocycles. The maximum atomic E-state index is 12.4. The Morgan fingerprint density at radius 1 is 1.21 bits per heavy atom. The van der Waals surface area contributed by atoms with Crippen molar-refractivity contribution in [1.29, 1.82) is 0 Å². The van der Waals surface area contributed by atoms with Gasteiger partial charge in [0.1, 0.15) is 5.00 Å². The third-order valence-corrected chi connectivity index (χ3v) is 6.68. The predicted molar refractivity (Wildman–Crippen MR) is 110 cm³/mol. The van der Waals surface area contributed by atoms with Gasteiger partial charge in [0.25, 0.3) is 5.91 Å². The first-order valence-electron chi connectivity index (χ1n) is 9.20. The van der Waals surface area contributed by atoms with Gasteiger partial charge in [-0.2, -0.15) is 0 Å². The summed E-state index contributed by atoms with van der Waals surface area (Å²) in [5.74, 6) is -0.0743. The van der Waals surface area contributed by atoms with Gasteiger partial charge >= 0.3 is 5.97 Å². The Morgan fingerprint density at radius 3 is 2.64 bits per heavy atom. The molecule has 1 N–H and O–H groups in total. The van der Waals surface area contributed by atoms with E-state index < -0.39 is 0 Å². The number of amides is 1. The summed E-state index contributed by atoms with van der Waals surface area (Å²) in [5, 5.41) is 4.57. The van der Waals surface area contributed by atoms with Crippen molar-refractivity contribution in [2.24, 2.45) is 0 Å². The maximum Gasteiger partial charge on any atom is 0.341 e. The fraction of sp³-hybridized carbons (Fsp3) is 0.421. The Labute approximate surface area is 172 Å². The number of fused-ring (bicyclic) bond motifs is 1. The highest BCUT2D eigenvalue weighted by Gasteiger charge is 2.29. The molecule has 2 aromatic rings. The molecule has 0 radical (unpaired) electrons. The summed E-state index contributed by atoms with van der Waals surface area (Å²) in [5.41, 5.74) is 1.71. The number of anilines is 1. The van der Waals surface area contributed by atoms with Crippen molar-refractivity contribution >= 4 is 45.5 Å². The van der Waals surface area contributed by atoms with Crippen molar-refractivity contribution in [2.75, 3.05) is 38.6 Å². The summed E-state index contributed by atoms with van der Waals surface area (Å²) in [6.45, 7) is 2.37. The molecule has 0 spiro atoms. The standard InChI is InChI=1S/C19H21N3O4S2/c1-25-18(24)15-12-4-2-6-14(12)28-16(15)20-19(27)22-9-7-21(8-10-22)17(23)13-5-3-11-26-13/h3,5,11H,2,4,6-10H2,1H3,(H,20,27). The van der Waals surface area contributed by atoms with Crippen LogP contribution in [-0.4, -0.2) is 60.1 Å². The van der Waals surface area contributed by atoms with E-state index in [1.165, 1.54) is 18.3 Å². The summed E-state index contributed by atoms with van der Waals surface area (Å²) >= 11 is 7.16. The monoisotopic (exact) mass is 419 g/mol. The fourth-order valence-corrected chi connectivity index (χ4v) is 5.28. The van der Waals surface area contributed by atoms with E-state index in [4.69, 9.17) is 21.4 Å². The molecule has 1 amide bonds.